The van der Waals surface area contributed by atoms with Gasteiger partial charge in [-0.25, -0.2) is 0 Å². The molecule has 0 aromatic heterocycles. The predicted octanol–water partition coefficient (Wildman–Crippen LogP) is 3.09. The van der Waals surface area contributed by atoms with Gasteiger partial charge in [0.15, 0.2) is 17.5 Å². The van der Waals surface area contributed by atoms with Gasteiger partial charge in [-0.15, -0.1) is 24.0 Å². The fourth-order valence-corrected chi connectivity index (χ4v) is 3.50. The summed E-state index contributed by atoms with van der Waals surface area (Å²) in [5.74, 6) is 1.86. The zero-order valence-electron chi connectivity index (χ0n) is 17.0. The molecule has 1 fully saturated rings. The number of fused-ring (bicyclic) bond motifs is 1. The Morgan fingerprint density at radius 1 is 1.07 bits per heavy atom. The quantitative estimate of drug-likeness (QED) is 0.356. The van der Waals surface area contributed by atoms with Crippen LogP contribution < -0.4 is 20.5 Å². The maximum Gasteiger partial charge on any atom is 0.193 e. The number of aliphatic imine (C=N–C) groups is 1. The van der Waals surface area contributed by atoms with Crippen LogP contribution in [0.2, 0.25) is 0 Å². The van der Waals surface area contributed by atoms with Crippen LogP contribution in [0.3, 0.4) is 0 Å². The lowest BCUT2D eigenvalue weighted by molar-refractivity contribution is -0.0257. The summed E-state index contributed by atoms with van der Waals surface area (Å²) in [7, 11) is 0. The fourth-order valence-electron chi connectivity index (χ4n) is 3.50. The SMILES string of the molecule is I.NC(=NCC1CN(Cc2ccccc2)CCO1)Nc1ccc2c(c1)OCCCO2. The molecule has 1 unspecified atom stereocenters. The smallest absolute Gasteiger partial charge is 0.193 e. The number of guanidine groups is 1. The van der Waals surface area contributed by atoms with Crippen LogP contribution >= 0.6 is 24.0 Å². The minimum absolute atomic E-state index is 0. The van der Waals surface area contributed by atoms with Crippen LogP contribution in [-0.2, 0) is 11.3 Å². The summed E-state index contributed by atoms with van der Waals surface area (Å²) in [6.07, 6.45) is 0.917. The molecule has 0 amide bonds. The molecule has 1 saturated heterocycles. The van der Waals surface area contributed by atoms with E-state index in [4.69, 9.17) is 19.9 Å². The van der Waals surface area contributed by atoms with Gasteiger partial charge in [-0.1, -0.05) is 30.3 Å². The molecule has 2 heterocycles. The molecule has 0 saturated carbocycles. The van der Waals surface area contributed by atoms with Crippen LogP contribution in [0.4, 0.5) is 5.69 Å². The summed E-state index contributed by atoms with van der Waals surface area (Å²) in [6.45, 7) is 5.26. The predicted molar refractivity (Wildman–Crippen MR) is 129 cm³/mol. The number of ether oxygens (including phenoxy) is 3. The van der Waals surface area contributed by atoms with Crippen LogP contribution in [0.1, 0.15) is 12.0 Å². The second-order valence-electron chi connectivity index (χ2n) is 7.28. The molecule has 2 aromatic carbocycles. The highest BCUT2D eigenvalue weighted by atomic mass is 127. The standard InChI is InChI=1S/C22H28N4O3.HI/c23-22(25-18-7-8-20-21(13-18)29-11-4-10-28-20)24-14-19-16-26(9-12-27-19)15-17-5-2-1-3-6-17;/h1-3,5-8,13,19H,4,9-12,14-16H2,(H3,23,24,25);1H. The summed E-state index contributed by atoms with van der Waals surface area (Å²) >= 11 is 0. The Morgan fingerprint density at radius 2 is 1.87 bits per heavy atom. The number of nitrogens with zero attached hydrogens (tertiary/aromatic N) is 2. The van der Waals surface area contributed by atoms with Gasteiger partial charge in [0, 0.05) is 37.8 Å². The summed E-state index contributed by atoms with van der Waals surface area (Å²) in [6, 6.07) is 16.2. The molecule has 0 spiro atoms. The van der Waals surface area contributed by atoms with Crippen LogP contribution in [0, 0.1) is 0 Å². The van der Waals surface area contributed by atoms with Crippen molar-refractivity contribution >= 4 is 35.6 Å². The molecular weight excluding hydrogens is 495 g/mol. The largest absolute Gasteiger partial charge is 0.490 e. The Bertz CT molecular complexity index is 834. The first kappa shape index (κ1) is 22.6. The van der Waals surface area contributed by atoms with Crippen molar-refractivity contribution in [1.82, 2.24) is 4.90 Å². The Hall–Kier alpha value is -2.04. The fraction of sp³-hybridized carbons (Fsp3) is 0.409. The summed E-state index contributed by atoms with van der Waals surface area (Å²) in [5, 5.41) is 3.13. The molecule has 8 heteroatoms. The topological polar surface area (TPSA) is 81.3 Å². The van der Waals surface area contributed by atoms with Crippen molar-refractivity contribution in [2.75, 3.05) is 44.8 Å². The molecule has 0 bridgehead atoms. The zero-order chi connectivity index (χ0) is 19.9. The van der Waals surface area contributed by atoms with Gasteiger partial charge >= 0.3 is 0 Å². The third-order valence-corrected chi connectivity index (χ3v) is 4.96. The Balaban J connectivity index is 0.00000256. The van der Waals surface area contributed by atoms with E-state index in [1.807, 2.05) is 24.3 Å². The monoisotopic (exact) mass is 524 g/mol. The van der Waals surface area contributed by atoms with Gasteiger partial charge in [-0.2, -0.15) is 0 Å². The highest BCUT2D eigenvalue weighted by Gasteiger charge is 2.20. The maximum atomic E-state index is 6.09. The molecule has 0 radical (unpaired) electrons. The average molecular weight is 524 g/mol. The lowest BCUT2D eigenvalue weighted by atomic mass is 10.2. The first-order valence-corrected chi connectivity index (χ1v) is 10.1. The van der Waals surface area contributed by atoms with Crippen molar-refractivity contribution in [2.24, 2.45) is 10.7 Å². The second kappa shape index (κ2) is 11.4. The molecule has 0 aliphatic carbocycles. The van der Waals surface area contributed by atoms with Gasteiger partial charge in [-0.3, -0.25) is 9.89 Å². The zero-order valence-corrected chi connectivity index (χ0v) is 19.3. The van der Waals surface area contributed by atoms with Crippen LogP contribution in [0.25, 0.3) is 0 Å². The lowest BCUT2D eigenvalue weighted by Crippen LogP contribution is -2.43. The van der Waals surface area contributed by atoms with Gasteiger partial charge in [0.05, 0.1) is 32.5 Å². The number of rotatable bonds is 5. The first-order chi connectivity index (χ1) is 14.3. The molecule has 1 atom stereocenters. The van der Waals surface area contributed by atoms with Crippen LogP contribution in [0.15, 0.2) is 53.5 Å². The van der Waals surface area contributed by atoms with E-state index in [2.05, 4.69) is 39.5 Å². The highest BCUT2D eigenvalue weighted by Crippen LogP contribution is 2.32. The molecular formula is C22H29IN4O3. The van der Waals surface area contributed by atoms with Gasteiger partial charge in [0.2, 0.25) is 0 Å². The molecule has 162 valence electrons. The number of halogens is 1. The van der Waals surface area contributed by atoms with Crippen molar-refractivity contribution in [3.63, 3.8) is 0 Å². The van der Waals surface area contributed by atoms with Crippen molar-refractivity contribution in [3.8, 4) is 11.5 Å². The number of nitrogens with two attached hydrogens (primary N) is 1. The molecule has 7 nitrogen and oxygen atoms in total. The van der Waals surface area contributed by atoms with Gasteiger partial charge in [-0.05, 0) is 17.7 Å². The Labute approximate surface area is 194 Å². The number of hydrogen-bond donors (Lipinski definition) is 2. The molecule has 2 aliphatic heterocycles. The molecule has 3 N–H and O–H groups in total. The number of nitrogens with one attached hydrogen (secondary N) is 1. The second-order valence-corrected chi connectivity index (χ2v) is 7.28. The lowest BCUT2D eigenvalue weighted by Gasteiger charge is -2.32. The van der Waals surface area contributed by atoms with E-state index >= 15 is 0 Å². The van der Waals surface area contributed by atoms with Gasteiger partial charge in [0.1, 0.15) is 0 Å². The third kappa shape index (κ3) is 6.48. The summed E-state index contributed by atoms with van der Waals surface area (Å²) in [5.41, 5.74) is 8.22. The third-order valence-electron chi connectivity index (χ3n) is 4.96. The van der Waals surface area contributed by atoms with E-state index in [1.54, 1.807) is 0 Å². The summed E-state index contributed by atoms with van der Waals surface area (Å²) in [4.78, 5) is 6.87. The number of benzene rings is 2. The Kier molecular flexibility index (Phi) is 8.59. The molecule has 2 aromatic rings. The molecule has 2 aliphatic rings. The van der Waals surface area contributed by atoms with Crippen molar-refractivity contribution in [3.05, 3.63) is 54.1 Å². The number of anilines is 1. The number of hydrogen-bond acceptors (Lipinski definition) is 5. The van der Waals surface area contributed by atoms with E-state index in [0.717, 1.165) is 43.2 Å². The van der Waals surface area contributed by atoms with E-state index in [1.165, 1.54) is 5.56 Å². The normalized spacial score (nSPS) is 19.5. The average Bonchev–Trinajstić information content (AvgIpc) is 2.98. The Morgan fingerprint density at radius 3 is 2.70 bits per heavy atom. The van der Waals surface area contributed by atoms with Crippen LogP contribution in [0.5, 0.6) is 11.5 Å². The highest BCUT2D eigenvalue weighted by molar-refractivity contribution is 14.0. The first-order valence-electron chi connectivity index (χ1n) is 10.1. The van der Waals surface area contributed by atoms with E-state index in [9.17, 15) is 0 Å². The van der Waals surface area contributed by atoms with Gasteiger partial charge < -0.3 is 25.3 Å². The molecule has 30 heavy (non-hydrogen) atoms. The van der Waals surface area contributed by atoms with Crippen LogP contribution in [-0.4, -0.2) is 56.4 Å². The molecule has 4 rings (SSSR count). The number of morpholine rings is 1. The van der Waals surface area contributed by atoms with Crippen molar-refractivity contribution in [2.45, 2.75) is 19.1 Å². The van der Waals surface area contributed by atoms with E-state index in [-0.39, 0.29) is 30.1 Å². The van der Waals surface area contributed by atoms with Crippen molar-refractivity contribution in [1.29, 1.82) is 0 Å². The maximum absolute atomic E-state index is 6.09. The van der Waals surface area contributed by atoms with Crippen molar-refractivity contribution < 1.29 is 14.2 Å². The van der Waals surface area contributed by atoms with E-state index < -0.39 is 0 Å². The summed E-state index contributed by atoms with van der Waals surface area (Å²) < 4.78 is 17.2. The van der Waals surface area contributed by atoms with E-state index in [0.29, 0.717) is 32.3 Å². The minimum atomic E-state index is 0. The van der Waals surface area contributed by atoms with Gasteiger partial charge in [0.25, 0.3) is 0 Å². The minimum Gasteiger partial charge on any atom is -0.490 e.